The Morgan fingerprint density at radius 1 is 0.940 bits per heavy atom. The van der Waals surface area contributed by atoms with Crippen LogP contribution in [-0.2, 0) is 49.3 Å². The minimum absolute atomic E-state index is 0.0206. The number of aliphatic hydroxyl groups is 1. The number of halogens is 5. The summed E-state index contributed by atoms with van der Waals surface area (Å²) in [6.07, 6.45) is -0.405. The molecule has 0 spiro atoms. The first kappa shape index (κ1) is 68.6. The number of carbonyl (C=O) groups is 8. The van der Waals surface area contributed by atoms with E-state index in [0.29, 0.717) is 60.6 Å². The quantitative estimate of drug-likeness (QED) is 0.0316. The number of primary amides is 1. The number of alkyl halides is 2. The maximum atomic E-state index is 16.0. The highest BCUT2D eigenvalue weighted by molar-refractivity contribution is 9.09. The van der Waals surface area contributed by atoms with Crippen LogP contribution in [0.25, 0.3) is 0 Å². The molecule has 9 amide bonds. The van der Waals surface area contributed by atoms with Gasteiger partial charge in [-0.2, -0.15) is 0 Å². The Bertz CT molecular complexity index is 2800. The van der Waals surface area contributed by atoms with Crippen LogP contribution in [0.3, 0.4) is 0 Å². The van der Waals surface area contributed by atoms with Crippen LogP contribution in [0.15, 0.2) is 48.1 Å². The Balaban J connectivity index is 1.34. The van der Waals surface area contributed by atoms with Crippen molar-refractivity contribution in [2.45, 2.75) is 140 Å². The van der Waals surface area contributed by atoms with E-state index in [9.17, 15) is 43.5 Å². The van der Waals surface area contributed by atoms with Crippen LogP contribution in [-0.4, -0.2) is 146 Å². The molecule has 3 aliphatic rings. The lowest BCUT2D eigenvalue weighted by Gasteiger charge is -2.42. The number of allylic oxidation sites excluding steroid dienone is 3. The van der Waals surface area contributed by atoms with Gasteiger partial charge in [0.1, 0.15) is 58.4 Å². The van der Waals surface area contributed by atoms with Crippen molar-refractivity contribution >= 4 is 108 Å². The number of alkyl carbamates (subject to hydrolysis) is 1. The first-order valence-corrected chi connectivity index (χ1v) is 30.0. The van der Waals surface area contributed by atoms with Gasteiger partial charge in [-0.3, -0.25) is 34.6 Å². The number of urea groups is 1. The van der Waals surface area contributed by atoms with Gasteiger partial charge in [0.05, 0.1) is 42.6 Å². The summed E-state index contributed by atoms with van der Waals surface area (Å²) in [7, 11) is 4.24. The topological polar surface area (TPSA) is 320 Å². The summed E-state index contributed by atoms with van der Waals surface area (Å²) in [4.78, 5) is 107. The highest BCUT2D eigenvalue weighted by Gasteiger charge is 2.64. The van der Waals surface area contributed by atoms with E-state index in [1.54, 1.807) is 58.1 Å². The summed E-state index contributed by atoms with van der Waals surface area (Å²) in [5.41, 5.74) is 2.08. The fourth-order valence-corrected chi connectivity index (χ4v) is 11.8. The molecule has 2 saturated heterocycles. The Labute approximate surface area is 508 Å². The lowest BCUT2D eigenvalue weighted by Crippen LogP contribution is -2.63. The fraction of sp³-hybridized carbons (Fsp3) is 0.571. The Morgan fingerprint density at radius 2 is 1.61 bits per heavy atom. The van der Waals surface area contributed by atoms with Gasteiger partial charge in [0.2, 0.25) is 29.5 Å². The molecule has 5 rings (SSSR count). The predicted octanol–water partition coefficient (Wildman–Crippen LogP) is 6.75. The number of methoxy groups -OCH3 is 2. The van der Waals surface area contributed by atoms with Crippen molar-refractivity contribution in [3.63, 3.8) is 0 Å². The molecule has 9 atom stereocenters. The number of epoxide rings is 1. The van der Waals surface area contributed by atoms with Crippen LogP contribution in [0.4, 0.5) is 40.2 Å². The summed E-state index contributed by atoms with van der Waals surface area (Å²) >= 11 is 13.4. The lowest BCUT2D eigenvalue weighted by atomic mass is 9.83. The van der Waals surface area contributed by atoms with Crippen LogP contribution in [0.2, 0.25) is 5.02 Å². The van der Waals surface area contributed by atoms with Gasteiger partial charge in [-0.1, -0.05) is 94.5 Å². The number of nitrogens with zero attached hydrogens (tertiary/aromatic N) is 1. The standard InChI is InChI=1S/C56H76Br2ClF2N9O14/c1-29(2)47(68-44(71)17-10-9-11-18-63-49(73)33(27-57)28-58)51(75)65-36(15-13-19-64-52(62)76)50(74)66-37-23-35(61)38(24-34(37)60)67-53(77)83-43-25-45(72)70(6)39-21-32(22-40(80-7)46(39)59)20-30(3)14-12-16-42(81-8)56(79)26-41(82-54(78)69-56)31(4)48-55(43,5)84-48/h12,14,16,21-24,29,31,33,36,41-43,47-48,79H,9-11,13,15,17-20,25-28H2,1-8H3,(H,63,73)(H,65,75)(H,66,74)(H,67,77)(H,68,71)(H,69,78)(H3,62,64,76)/b16-12+,30-14+/t31-,36+,41+,42-,43+,47+,48+,55+,56+/m1/s1. The van der Waals surface area contributed by atoms with Gasteiger partial charge in [-0.25, -0.2) is 23.2 Å². The van der Waals surface area contributed by atoms with E-state index in [-0.39, 0.29) is 60.5 Å². The molecule has 0 saturated carbocycles. The number of benzene rings is 2. The number of anilines is 3. The van der Waals surface area contributed by atoms with Gasteiger partial charge in [-0.15, -0.1) is 0 Å². The molecule has 464 valence electrons. The Kier molecular flexibility index (Phi) is 25.6. The van der Waals surface area contributed by atoms with Crippen molar-refractivity contribution in [2.24, 2.45) is 23.5 Å². The smallest absolute Gasteiger partial charge is 0.412 e. The third-order valence-corrected chi connectivity index (χ3v) is 16.7. The molecular formula is C56H76Br2ClF2N9O14. The maximum Gasteiger partial charge on any atom is 0.412 e. The monoisotopic (exact) mass is 1330 g/mol. The van der Waals surface area contributed by atoms with Crippen molar-refractivity contribution < 1.29 is 75.9 Å². The number of carbonyl (C=O) groups excluding carboxylic acids is 8. The highest BCUT2D eigenvalue weighted by Crippen LogP contribution is 2.49. The summed E-state index contributed by atoms with van der Waals surface area (Å²) in [6.45, 7) is 8.84. The van der Waals surface area contributed by atoms with Crippen LogP contribution < -0.4 is 52.6 Å². The van der Waals surface area contributed by atoms with Gasteiger partial charge in [0.15, 0.2) is 5.72 Å². The number of fused-ring (bicyclic) bond motifs is 5. The SMILES string of the molecule is COc1cc2cc(c1Cl)N(C)C(=O)C[C@H](OC(=O)Nc1cc(F)c(NC(=O)[C@H](CCCNC(N)=O)NC(=O)[C@@H](NC(=O)CCCCCNC(=O)C(CBr)CBr)C(C)C)cc1F)[C@]1(C)O[C@H]1[C@H](C)[C@@H]1C[C@@](O)(NC(=O)O1)[C@H](OC)/C=C/C=C(\C)C2. The van der Waals surface area contributed by atoms with Gasteiger partial charge in [0.25, 0.3) is 0 Å². The molecule has 0 radical (unpaired) electrons. The van der Waals surface area contributed by atoms with Crippen LogP contribution in [0.1, 0.15) is 91.5 Å². The average molecular weight is 1330 g/mol. The van der Waals surface area contributed by atoms with E-state index in [0.717, 1.165) is 5.57 Å². The molecule has 0 aromatic heterocycles. The molecule has 23 nitrogen and oxygen atoms in total. The summed E-state index contributed by atoms with van der Waals surface area (Å²) in [5.74, 6) is -6.58. The number of ether oxygens (including phenoxy) is 5. The van der Waals surface area contributed by atoms with Gasteiger partial charge in [-0.05, 0) is 69.6 Å². The van der Waals surface area contributed by atoms with E-state index in [1.807, 2.05) is 6.92 Å². The number of nitrogens with one attached hydrogen (secondary N) is 7. The fourth-order valence-electron chi connectivity index (χ4n) is 9.79. The molecule has 3 heterocycles. The third kappa shape index (κ3) is 18.7. The molecular weight excluding hydrogens is 1260 g/mol. The molecule has 10 N–H and O–H groups in total. The maximum absolute atomic E-state index is 16.0. The number of rotatable bonds is 23. The molecule has 0 aliphatic carbocycles. The second-order valence-corrected chi connectivity index (χ2v) is 23.2. The first-order valence-electron chi connectivity index (χ1n) is 27.4. The molecule has 0 unspecified atom stereocenters. The van der Waals surface area contributed by atoms with Crippen LogP contribution >= 0.6 is 43.5 Å². The van der Waals surface area contributed by atoms with Crippen LogP contribution in [0, 0.1) is 29.4 Å². The zero-order chi connectivity index (χ0) is 62.2. The van der Waals surface area contributed by atoms with Crippen LogP contribution in [0.5, 0.6) is 5.75 Å². The number of hydrogen-bond acceptors (Lipinski definition) is 14. The molecule has 3 aliphatic heterocycles. The van der Waals surface area contributed by atoms with E-state index in [4.69, 9.17) is 41.0 Å². The normalized spacial score (nSPS) is 24.2. The summed E-state index contributed by atoms with van der Waals surface area (Å²) in [5, 5.41) is 30.4. The lowest BCUT2D eigenvalue weighted by molar-refractivity contribution is -0.142. The average Bonchev–Trinajstić information content (AvgIpc) is 2.00. The van der Waals surface area contributed by atoms with Crippen molar-refractivity contribution in [3.05, 3.63) is 70.3 Å². The number of amides is 9. The zero-order valence-corrected chi connectivity index (χ0v) is 52.0. The van der Waals surface area contributed by atoms with Crippen molar-refractivity contribution in [1.29, 1.82) is 0 Å². The van der Waals surface area contributed by atoms with Crippen molar-refractivity contribution in [3.8, 4) is 5.75 Å². The Hall–Kier alpha value is -6.13. The van der Waals surface area contributed by atoms with Crippen molar-refractivity contribution in [1.82, 2.24) is 26.6 Å². The predicted molar refractivity (Wildman–Crippen MR) is 316 cm³/mol. The second-order valence-electron chi connectivity index (χ2n) is 21.5. The van der Waals surface area contributed by atoms with E-state index < -0.39 is 131 Å². The van der Waals surface area contributed by atoms with E-state index in [2.05, 4.69) is 69.1 Å². The Morgan fingerprint density at radius 3 is 2.24 bits per heavy atom. The van der Waals surface area contributed by atoms with E-state index in [1.165, 1.54) is 26.2 Å². The second kappa shape index (κ2) is 31.3. The third-order valence-electron chi connectivity index (χ3n) is 14.7. The minimum atomic E-state index is -1.96. The molecule has 4 bridgehead atoms. The number of unbranched alkanes of at least 4 members (excludes halogenated alkanes) is 2. The highest BCUT2D eigenvalue weighted by atomic mass is 79.9. The molecule has 2 fully saturated rings. The summed E-state index contributed by atoms with van der Waals surface area (Å²) < 4.78 is 61.0. The molecule has 2 aromatic carbocycles. The first-order chi connectivity index (χ1) is 39.7. The molecule has 28 heteroatoms. The van der Waals surface area contributed by atoms with Gasteiger partial charge >= 0.3 is 18.2 Å². The van der Waals surface area contributed by atoms with E-state index >= 15 is 8.78 Å². The summed E-state index contributed by atoms with van der Waals surface area (Å²) in [6, 6.07) is 1.16. The van der Waals surface area contributed by atoms with Gasteiger partial charge in [0, 0.05) is 68.8 Å². The minimum Gasteiger partial charge on any atom is -0.495 e. The molecule has 84 heavy (non-hydrogen) atoms. The van der Waals surface area contributed by atoms with Crippen molar-refractivity contribution in [2.75, 3.05) is 60.6 Å². The molecule has 2 aromatic rings. The zero-order valence-electron chi connectivity index (χ0n) is 48.1. The largest absolute Gasteiger partial charge is 0.495 e. The number of nitrogens with two attached hydrogens (primary N) is 1. The van der Waals surface area contributed by atoms with Gasteiger partial charge < -0.3 is 66.0 Å². The number of hydrogen-bond donors (Lipinski definition) is 9.